The summed E-state index contributed by atoms with van der Waals surface area (Å²) in [7, 11) is 1.75. The Hall–Kier alpha value is -1.02. The number of hydrogen-bond acceptors (Lipinski definition) is 6. The number of ether oxygens (including phenoxy) is 1. The van der Waals surface area contributed by atoms with Crippen molar-refractivity contribution in [2.75, 3.05) is 51.8 Å². The third kappa shape index (κ3) is 4.78. The van der Waals surface area contributed by atoms with Crippen LogP contribution in [0.4, 0.5) is 5.13 Å². The lowest BCUT2D eigenvalue weighted by atomic mass is 10.0. The number of amides is 1. The number of rotatable bonds is 6. The van der Waals surface area contributed by atoms with E-state index in [-0.39, 0.29) is 11.4 Å². The van der Waals surface area contributed by atoms with Crippen molar-refractivity contribution in [1.29, 1.82) is 0 Å². The van der Waals surface area contributed by atoms with Crippen LogP contribution in [0, 0.1) is 0 Å². The summed E-state index contributed by atoms with van der Waals surface area (Å²) in [6, 6.07) is 0. The maximum Gasteiger partial charge on any atom is 0.240 e. The van der Waals surface area contributed by atoms with Gasteiger partial charge in [0, 0.05) is 43.7 Å². The maximum absolute atomic E-state index is 12.4. The molecule has 1 aromatic rings. The average molecular weight is 367 g/mol. The van der Waals surface area contributed by atoms with Crippen molar-refractivity contribution in [3.8, 4) is 0 Å². The van der Waals surface area contributed by atoms with Gasteiger partial charge >= 0.3 is 0 Å². The van der Waals surface area contributed by atoms with Gasteiger partial charge < -0.3 is 10.1 Å². The highest BCUT2D eigenvalue weighted by molar-refractivity contribution is 7.15. The molecule has 1 aliphatic carbocycles. The number of piperazine rings is 1. The smallest absolute Gasteiger partial charge is 0.240 e. The lowest BCUT2D eigenvalue weighted by Gasteiger charge is -2.43. The number of aromatic nitrogens is 1. The normalized spacial score (nSPS) is 19.6. The molecule has 1 fully saturated rings. The third-order valence-corrected chi connectivity index (χ3v) is 6.26. The number of aryl methyl sites for hydroxylation is 2. The second-order valence-electron chi connectivity index (χ2n) is 7.65. The van der Waals surface area contributed by atoms with Crippen molar-refractivity contribution in [1.82, 2.24) is 14.8 Å². The molecule has 7 heteroatoms. The lowest BCUT2D eigenvalue weighted by molar-refractivity contribution is -0.118. The Morgan fingerprint density at radius 1 is 1.24 bits per heavy atom. The molecule has 3 rings (SSSR count). The fourth-order valence-electron chi connectivity index (χ4n) is 3.72. The summed E-state index contributed by atoms with van der Waals surface area (Å²) < 4.78 is 5.33. The Morgan fingerprint density at radius 3 is 2.64 bits per heavy atom. The SMILES string of the molecule is COCC(C)(C)N1CCN(CC(=O)Nc2nc3c(s2)CCCC3)CC1. The van der Waals surface area contributed by atoms with Gasteiger partial charge in [-0.2, -0.15) is 0 Å². The Morgan fingerprint density at radius 2 is 1.96 bits per heavy atom. The van der Waals surface area contributed by atoms with Crippen molar-refractivity contribution in [2.24, 2.45) is 0 Å². The van der Waals surface area contributed by atoms with Crippen LogP contribution in [0.25, 0.3) is 0 Å². The van der Waals surface area contributed by atoms with Crippen molar-refractivity contribution >= 4 is 22.4 Å². The fourth-order valence-corrected chi connectivity index (χ4v) is 4.79. The zero-order chi connectivity index (χ0) is 17.9. The van der Waals surface area contributed by atoms with Gasteiger partial charge in [-0.15, -0.1) is 11.3 Å². The zero-order valence-electron chi connectivity index (χ0n) is 15.6. The van der Waals surface area contributed by atoms with E-state index in [2.05, 4.69) is 33.9 Å². The first kappa shape index (κ1) is 18.8. The molecule has 0 unspecified atom stereocenters. The number of anilines is 1. The van der Waals surface area contributed by atoms with E-state index in [0.29, 0.717) is 6.54 Å². The summed E-state index contributed by atoms with van der Waals surface area (Å²) in [5, 5.41) is 3.78. The number of methoxy groups -OCH3 is 1. The van der Waals surface area contributed by atoms with Crippen molar-refractivity contribution in [3.05, 3.63) is 10.6 Å². The monoisotopic (exact) mass is 366 g/mol. The zero-order valence-corrected chi connectivity index (χ0v) is 16.5. The van der Waals surface area contributed by atoms with Gasteiger partial charge in [0.2, 0.25) is 5.91 Å². The minimum Gasteiger partial charge on any atom is -0.383 e. The van der Waals surface area contributed by atoms with Gasteiger partial charge in [-0.1, -0.05) is 0 Å². The molecule has 2 heterocycles. The number of nitrogens with zero attached hydrogens (tertiary/aromatic N) is 3. The first-order valence-corrected chi connectivity index (χ1v) is 10.0. The molecule has 0 bridgehead atoms. The van der Waals surface area contributed by atoms with Crippen molar-refractivity contribution < 1.29 is 9.53 Å². The van der Waals surface area contributed by atoms with Crippen LogP contribution in [-0.4, -0.2) is 72.7 Å². The number of thiazole rings is 1. The first-order valence-electron chi connectivity index (χ1n) is 9.23. The van der Waals surface area contributed by atoms with E-state index >= 15 is 0 Å². The van der Waals surface area contributed by atoms with Crippen molar-refractivity contribution in [2.45, 2.75) is 45.1 Å². The van der Waals surface area contributed by atoms with Gasteiger partial charge in [-0.25, -0.2) is 4.98 Å². The quantitative estimate of drug-likeness (QED) is 0.835. The van der Waals surface area contributed by atoms with Gasteiger partial charge in [0.15, 0.2) is 5.13 Å². The fraction of sp³-hybridized carbons (Fsp3) is 0.778. The summed E-state index contributed by atoms with van der Waals surface area (Å²) in [4.78, 5) is 23.0. The van der Waals surface area contributed by atoms with Gasteiger partial charge in [-0.3, -0.25) is 14.6 Å². The second kappa shape index (κ2) is 8.12. The van der Waals surface area contributed by atoms with E-state index in [1.807, 2.05) is 0 Å². The minimum absolute atomic E-state index is 0.0447. The van der Waals surface area contributed by atoms with Crippen LogP contribution < -0.4 is 5.32 Å². The molecule has 1 aliphatic heterocycles. The molecule has 2 aliphatic rings. The second-order valence-corrected chi connectivity index (χ2v) is 8.74. The Bertz CT molecular complexity index is 570. The molecule has 0 atom stereocenters. The number of hydrogen-bond donors (Lipinski definition) is 1. The van der Waals surface area contributed by atoms with Crippen LogP contribution in [0.3, 0.4) is 0 Å². The number of carbonyl (C=O) groups excluding carboxylic acids is 1. The van der Waals surface area contributed by atoms with Crippen LogP contribution >= 0.6 is 11.3 Å². The highest BCUT2D eigenvalue weighted by Crippen LogP contribution is 2.29. The summed E-state index contributed by atoms with van der Waals surface area (Å²) >= 11 is 1.65. The predicted molar refractivity (Wildman–Crippen MR) is 101 cm³/mol. The van der Waals surface area contributed by atoms with Crippen LogP contribution in [0.2, 0.25) is 0 Å². The molecule has 1 saturated heterocycles. The molecule has 1 N–H and O–H groups in total. The molecule has 25 heavy (non-hydrogen) atoms. The molecule has 6 nitrogen and oxygen atoms in total. The highest BCUT2D eigenvalue weighted by Gasteiger charge is 2.30. The first-order chi connectivity index (χ1) is 12.0. The molecular weight excluding hydrogens is 336 g/mol. The topological polar surface area (TPSA) is 57.7 Å². The lowest BCUT2D eigenvalue weighted by Crippen LogP contribution is -2.57. The highest BCUT2D eigenvalue weighted by atomic mass is 32.1. The predicted octanol–water partition coefficient (Wildman–Crippen LogP) is 2.00. The van der Waals surface area contributed by atoms with Gasteiger partial charge in [0.25, 0.3) is 0 Å². The maximum atomic E-state index is 12.4. The van der Waals surface area contributed by atoms with Gasteiger partial charge in [0.1, 0.15) is 0 Å². The largest absolute Gasteiger partial charge is 0.383 e. The van der Waals surface area contributed by atoms with E-state index in [9.17, 15) is 4.79 Å². The Kier molecular flexibility index (Phi) is 6.09. The minimum atomic E-state index is 0.0447. The van der Waals surface area contributed by atoms with Crippen molar-refractivity contribution in [3.63, 3.8) is 0 Å². The van der Waals surface area contributed by atoms with Crippen LogP contribution in [0.15, 0.2) is 0 Å². The summed E-state index contributed by atoms with van der Waals surface area (Å²) in [6.07, 6.45) is 4.63. The summed E-state index contributed by atoms with van der Waals surface area (Å²) in [5.41, 5.74) is 1.24. The van der Waals surface area contributed by atoms with E-state index in [0.717, 1.165) is 50.8 Å². The molecule has 0 saturated carbocycles. The number of carbonyl (C=O) groups is 1. The van der Waals surface area contributed by atoms with E-state index < -0.39 is 0 Å². The molecule has 1 amide bonds. The summed E-state index contributed by atoms with van der Waals surface area (Å²) in [6.45, 7) is 9.35. The van der Waals surface area contributed by atoms with E-state index in [4.69, 9.17) is 4.74 Å². The average Bonchev–Trinajstić information content (AvgIpc) is 2.97. The standard InChI is InChI=1S/C18H30N4O2S/c1-18(2,13-24-3)22-10-8-21(9-11-22)12-16(23)20-17-19-14-6-4-5-7-15(14)25-17/h4-13H2,1-3H3,(H,19,20,23). The van der Waals surface area contributed by atoms with Crippen LogP contribution in [0.1, 0.15) is 37.3 Å². The molecule has 1 aromatic heterocycles. The molecular formula is C18H30N4O2S. The van der Waals surface area contributed by atoms with Gasteiger partial charge in [-0.05, 0) is 39.5 Å². The van der Waals surface area contributed by atoms with Crippen LogP contribution in [-0.2, 0) is 22.4 Å². The molecule has 140 valence electrons. The molecule has 0 radical (unpaired) electrons. The Labute approximate surface area is 154 Å². The number of nitrogens with one attached hydrogen (secondary N) is 1. The molecule has 0 aromatic carbocycles. The Balaban J connectivity index is 1.46. The number of fused-ring (bicyclic) bond motifs is 1. The van der Waals surface area contributed by atoms with Crippen LogP contribution in [0.5, 0.6) is 0 Å². The third-order valence-electron chi connectivity index (χ3n) is 5.19. The summed E-state index contributed by atoms with van der Waals surface area (Å²) in [5.74, 6) is 0.0516. The van der Waals surface area contributed by atoms with Gasteiger partial charge in [0.05, 0.1) is 18.8 Å². The molecule has 0 spiro atoms. The van der Waals surface area contributed by atoms with E-state index in [1.54, 1.807) is 18.4 Å². The van der Waals surface area contributed by atoms with E-state index in [1.165, 1.54) is 23.4 Å².